The van der Waals surface area contributed by atoms with Gasteiger partial charge in [0.15, 0.2) is 11.5 Å². The van der Waals surface area contributed by atoms with Crippen molar-refractivity contribution in [2.45, 2.75) is 25.7 Å². The number of carbonyl (C=O) groups is 1. The molecule has 3 aliphatic heterocycles. The molecule has 2 atom stereocenters. The number of aryl methyl sites for hydroxylation is 1. The Bertz CT molecular complexity index is 1900. The quantitative estimate of drug-likeness (QED) is 0.252. The first kappa shape index (κ1) is 28.6. The number of rotatable bonds is 8. The fraction of sp³-hybridized carbons (Fsp3) is 0.382. The van der Waals surface area contributed by atoms with Crippen LogP contribution in [0.2, 0.25) is 0 Å². The second-order valence-corrected chi connectivity index (χ2v) is 12.6. The topological polar surface area (TPSA) is 114 Å². The number of benzene rings is 1. The van der Waals surface area contributed by atoms with Gasteiger partial charge in [0.2, 0.25) is 5.91 Å². The number of fused-ring (bicyclic) bond motifs is 3. The van der Waals surface area contributed by atoms with Crippen molar-refractivity contribution in [3.05, 3.63) is 84.7 Å². The van der Waals surface area contributed by atoms with E-state index < -0.39 is 0 Å². The summed E-state index contributed by atoms with van der Waals surface area (Å²) in [6, 6.07) is 11.9. The molecule has 0 bridgehead atoms. The Morgan fingerprint density at radius 3 is 2.61 bits per heavy atom. The number of pyridine rings is 1. The Kier molecular flexibility index (Phi) is 7.59. The average Bonchev–Trinajstić information content (AvgIpc) is 3.87. The summed E-state index contributed by atoms with van der Waals surface area (Å²) in [6.07, 6.45) is 12.5. The van der Waals surface area contributed by atoms with Crippen molar-refractivity contribution < 1.29 is 14.3 Å². The van der Waals surface area contributed by atoms with Crippen LogP contribution in [-0.4, -0.2) is 90.8 Å². The van der Waals surface area contributed by atoms with Crippen molar-refractivity contribution in [3.8, 4) is 11.5 Å². The Balaban J connectivity index is 0.908. The monoisotopic (exact) mass is 619 g/mol. The van der Waals surface area contributed by atoms with Crippen LogP contribution < -0.4 is 10.1 Å². The van der Waals surface area contributed by atoms with E-state index in [1.54, 1.807) is 16.9 Å². The Hall–Kier alpha value is -4.81. The molecule has 1 N–H and O–H groups in total. The van der Waals surface area contributed by atoms with Crippen LogP contribution >= 0.6 is 0 Å². The van der Waals surface area contributed by atoms with Gasteiger partial charge in [-0.2, -0.15) is 10.2 Å². The third-order valence-electron chi connectivity index (χ3n) is 9.59. The number of nitrogens with one attached hydrogen (secondary N) is 1. The Labute approximate surface area is 266 Å². The zero-order valence-electron chi connectivity index (χ0n) is 25.8. The van der Waals surface area contributed by atoms with E-state index >= 15 is 0 Å². The van der Waals surface area contributed by atoms with E-state index in [2.05, 4.69) is 36.4 Å². The van der Waals surface area contributed by atoms with E-state index in [1.807, 2.05) is 65.1 Å². The van der Waals surface area contributed by atoms with Crippen molar-refractivity contribution in [1.82, 2.24) is 39.0 Å². The summed E-state index contributed by atoms with van der Waals surface area (Å²) < 4.78 is 15.3. The standard InChI is InChI=1S/C34H37N9O3/c1-23-15-27(4-5-30(23)46-28-8-13-42-31(16-28)35-21-37-42)39-34-33-29(9-14-43(33)38-22-36-34)24-6-11-41(12-7-24)32(44)3-2-10-40-17-25-19-45-20-26(25)18-40/h2-5,8-9,13-16,21-22,24-26H,6-7,10-12,17-20H2,1H3,(H,36,38,39)/b3-2+. The maximum absolute atomic E-state index is 13.0. The lowest BCUT2D eigenvalue weighted by molar-refractivity contribution is -0.127. The number of nitrogens with zero attached hydrogens (tertiary/aromatic N) is 8. The average molecular weight is 620 g/mol. The van der Waals surface area contributed by atoms with Gasteiger partial charge in [-0.25, -0.2) is 19.0 Å². The molecule has 12 nitrogen and oxygen atoms in total. The molecular weight excluding hydrogens is 582 g/mol. The lowest BCUT2D eigenvalue weighted by atomic mass is 9.90. The highest BCUT2D eigenvalue weighted by Crippen LogP contribution is 2.35. The van der Waals surface area contributed by atoms with E-state index in [0.717, 1.165) is 92.8 Å². The van der Waals surface area contributed by atoms with Crippen LogP contribution in [0, 0.1) is 18.8 Å². The summed E-state index contributed by atoms with van der Waals surface area (Å²) in [6.45, 7) is 8.22. The molecule has 1 amide bonds. The molecule has 4 aromatic heterocycles. The second-order valence-electron chi connectivity index (χ2n) is 12.6. The highest BCUT2D eigenvalue weighted by Gasteiger charge is 2.36. The summed E-state index contributed by atoms with van der Waals surface area (Å²) in [5.74, 6) is 3.95. The number of piperidine rings is 1. The molecule has 3 aliphatic rings. The highest BCUT2D eigenvalue weighted by atomic mass is 16.5. The molecule has 3 saturated heterocycles. The van der Waals surface area contributed by atoms with E-state index in [0.29, 0.717) is 23.5 Å². The van der Waals surface area contributed by atoms with Crippen molar-refractivity contribution in [1.29, 1.82) is 0 Å². The van der Waals surface area contributed by atoms with Crippen molar-refractivity contribution in [3.63, 3.8) is 0 Å². The summed E-state index contributed by atoms with van der Waals surface area (Å²) in [5, 5.41) is 12.1. The minimum Gasteiger partial charge on any atom is -0.457 e. The summed E-state index contributed by atoms with van der Waals surface area (Å²) in [4.78, 5) is 26.2. The fourth-order valence-electron chi connectivity index (χ4n) is 7.12. The number of hydrogen-bond donors (Lipinski definition) is 1. The number of aromatic nitrogens is 6. The number of amides is 1. The maximum atomic E-state index is 13.0. The minimum atomic E-state index is 0.107. The number of carbonyl (C=O) groups excluding carboxylic acids is 1. The SMILES string of the molecule is Cc1cc(Nc2ncnn3ccc(C4CCN(C(=O)/C=C/CN5CC6COCC6C5)CC4)c23)ccc1Oc1ccn2ncnc2c1. The van der Waals surface area contributed by atoms with Gasteiger partial charge in [-0.1, -0.05) is 6.08 Å². The van der Waals surface area contributed by atoms with Crippen LogP contribution in [0.1, 0.15) is 29.9 Å². The first-order valence-electron chi connectivity index (χ1n) is 16.0. The number of likely N-dealkylation sites (tertiary alicyclic amines) is 2. The minimum absolute atomic E-state index is 0.107. The smallest absolute Gasteiger partial charge is 0.246 e. The molecule has 0 saturated carbocycles. The van der Waals surface area contributed by atoms with Gasteiger partial charge in [0.1, 0.15) is 29.7 Å². The summed E-state index contributed by atoms with van der Waals surface area (Å²) in [7, 11) is 0. The van der Waals surface area contributed by atoms with Gasteiger partial charge in [0, 0.05) is 74.8 Å². The summed E-state index contributed by atoms with van der Waals surface area (Å²) in [5.41, 5.74) is 4.78. The molecule has 0 aliphatic carbocycles. The Morgan fingerprint density at radius 2 is 1.78 bits per heavy atom. The molecule has 46 heavy (non-hydrogen) atoms. The molecule has 7 heterocycles. The van der Waals surface area contributed by atoms with Crippen LogP contribution in [0.25, 0.3) is 11.2 Å². The van der Waals surface area contributed by atoms with E-state index in [9.17, 15) is 4.79 Å². The molecule has 0 radical (unpaired) electrons. The predicted octanol–water partition coefficient (Wildman–Crippen LogP) is 4.46. The third-order valence-corrected chi connectivity index (χ3v) is 9.59. The molecule has 3 fully saturated rings. The molecular formula is C34H37N9O3. The van der Waals surface area contributed by atoms with Crippen LogP contribution in [0.3, 0.4) is 0 Å². The molecule has 8 rings (SSSR count). The van der Waals surface area contributed by atoms with Crippen molar-refractivity contribution >= 4 is 28.6 Å². The first-order valence-corrected chi connectivity index (χ1v) is 16.0. The van der Waals surface area contributed by atoms with Gasteiger partial charge in [0.05, 0.1) is 13.2 Å². The summed E-state index contributed by atoms with van der Waals surface area (Å²) >= 11 is 0. The van der Waals surface area contributed by atoms with Gasteiger partial charge < -0.3 is 19.7 Å². The molecule has 1 aromatic carbocycles. The zero-order valence-corrected chi connectivity index (χ0v) is 25.8. The number of anilines is 2. The van der Waals surface area contributed by atoms with Crippen molar-refractivity contribution in [2.24, 2.45) is 11.8 Å². The zero-order chi connectivity index (χ0) is 31.0. The van der Waals surface area contributed by atoms with E-state index in [-0.39, 0.29) is 5.91 Å². The lowest BCUT2D eigenvalue weighted by Crippen LogP contribution is -2.37. The normalized spacial score (nSPS) is 20.7. The van der Waals surface area contributed by atoms with Gasteiger partial charge in [-0.15, -0.1) is 0 Å². The highest BCUT2D eigenvalue weighted by molar-refractivity contribution is 5.87. The van der Waals surface area contributed by atoms with Gasteiger partial charge in [-0.3, -0.25) is 9.69 Å². The molecule has 2 unspecified atom stereocenters. The maximum Gasteiger partial charge on any atom is 0.246 e. The van der Waals surface area contributed by atoms with Crippen LogP contribution in [-0.2, 0) is 9.53 Å². The molecule has 5 aromatic rings. The fourth-order valence-corrected chi connectivity index (χ4v) is 7.12. The van der Waals surface area contributed by atoms with Gasteiger partial charge >= 0.3 is 0 Å². The van der Waals surface area contributed by atoms with Crippen LogP contribution in [0.5, 0.6) is 11.5 Å². The van der Waals surface area contributed by atoms with Crippen LogP contribution in [0.4, 0.5) is 11.5 Å². The van der Waals surface area contributed by atoms with Gasteiger partial charge in [-0.05, 0) is 67.1 Å². The molecule has 12 heteroatoms. The number of hydrogen-bond acceptors (Lipinski definition) is 9. The molecule has 236 valence electrons. The lowest BCUT2D eigenvalue weighted by Gasteiger charge is -2.31. The van der Waals surface area contributed by atoms with E-state index in [1.165, 1.54) is 11.9 Å². The predicted molar refractivity (Wildman–Crippen MR) is 172 cm³/mol. The first-order chi connectivity index (χ1) is 22.6. The van der Waals surface area contributed by atoms with E-state index in [4.69, 9.17) is 9.47 Å². The van der Waals surface area contributed by atoms with Gasteiger partial charge in [0.25, 0.3) is 0 Å². The second kappa shape index (κ2) is 12.2. The van der Waals surface area contributed by atoms with Crippen molar-refractivity contribution in [2.75, 3.05) is 51.3 Å². The third kappa shape index (κ3) is 5.69. The largest absolute Gasteiger partial charge is 0.457 e. The Morgan fingerprint density at radius 1 is 1.00 bits per heavy atom. The van der Waals surface area contributed by atoms with Crippen LogP contribution in [0.15, 0.2) is 73.6 Å². The molecule has 0 spiro atoms. The number of ether oxygens (including phenoxy) is 2.